The van der Waals surface area contributed by atoms with Crippen LogP contribution in [-0.2, 0) is 0 Å². The molecule has 4 heteroatoms. The zero-order chi connectivity index (χ0) is 18.6. The summed E-state index contributed by atoms with van der Waals surface area (Å²) in [5, 5.41) is 5.77. The zero-order valence-corrected chi connectivity index (χ0v) is 15.6. The van der Waals surface area contributed by atoms with Crippen molar-refractivity contribution < 1.29 is 9.59 Å². The second-order valence-corrected chi connectivity index (χ2v) is 6.85. The number of hydrogen-bond acceptors (Lipinski definition) is 2. The molecule has 0 aliphatic rings. The van der Waals surface area contributed by atoms with E-state index in [2.05, 4.69) is 10.6 Å². The molecule has 2 aromatic carbocycles. The molecular formula is C21H26N2O2. The van der Waals surface area contributed by atoms with Crippen molar-refractivity contribution >= 4 is 17.5 Å². The third kappa shape index (κ3) is 4.69. The molecular weight excluding hydrogens is 312 g/mol. The Morgan fingerprint density at radius 1 is 0.880 bits per heavy atom. The number of carbonyl (C=O) groups is 2. The van der Waals surface area contributed by atoms with E-state index in [4.69, 9.17) is 0 Å². The molecule has 0 aliphatic carbocycles. The lowest BCUT2D eigenvalue weighted by atomic mass is 10.00. The van der Waals surface area contributed by atoms with Crippen LogP contribution in [0.4, 0.5) is 5.69 Å². The summed E-state index contributed by atoms with van der Waals surface area (Å²) in [7, 11) is 0. The standard InChI is InChI=1S/C21H26N2O2/c1-13(2)12-22-20(24)17-8-6-7-9-19(17)23-21(25)18-11-15(4)14(3)10-16(18)5/h6-11,13H,12H2,1-5H3,(H,22,24)(H,23,25). The summed E-state index contributed by atoms with van der Waals surface area (Å²) in [6, 6.07) is 11.0. The Morgan fingerprint density at radius 2 is 1.52 bits per heavy atom. The lowest BCUT2D eigenvalue weighted by molar-refractivity contribution is 0.0950. The lowest BCUT2D eigenvalue weighted by Crippen LogP contribution is -2.28. The third-order valence-corrected chi connectivity index (χ3v) is 4.18. The monoisotopic (exact) mass is 338 g/mol. The van der Waals surface area contributed by atoms with Crippen molar-refractivity contribution in [1.82, 2.24) is 5.32 Å². The molecule has 2 amide bonds. The van der Waals surface area contributed by atoms with Crippen LogP contribution in [0.2, 0.25) is 0 Å². The highest BCUT2D eigenvalue weighted by Gasteiger charge is 2.16. The summed E-state index contributed by atoms with van der Waals surface area (Å²) in [5.41, 5.74) is 4.76. The molecule has 0 bridgehead atoms. The van der Waals surface area contributed by atoms with Gasteiger partial charge in [0, 0.05) is 12.1 Å². The van der Waals surface area contributed by atoms with Crippen LogP contribution in [0.25, 0.3) is 0 Å². The van der Waals surface area contributed by atoms with Crippen molar-refractivity contribution in [2.45, 2.75) is 34.6 Å². The highest BCUT2D eigenvalue weighted by molar-refractivity contribution is 6.09. The van der Waals surface area contributed by atoms with Crippen LogP contribution in [0.5, 0.6) is 0 Å². The summed E-state index contributed by atoms with van der Waals surface area (Å²) < 4.78 is 0. The molecule has 0 aromatic heterocycles. The minimum atomic E-state index is -0.204. The van der Waals surface area contributed by atoms with E-state index < -0.39 is 0 Å². The van der Waals surface area contributed by atoms with Crippen LogP contribution in [0.3, 0.4) is 0 Å². The Hall–Kier alpha value is -2.62. The van der Waals surface area contributed by atoms with Crippen LogP contribution in [-0.4, -0.2) is 18.4 Å². The Bertz CT molecular complexity index is 794. The third-order valence-electron chi connectivity index (χ3n) is 4.18. The van der Waals surface area contributed by atoms with Crippen LogP contribution < -0.4 is 10.6 Å². The van der Waals surface area contributed by atoms with E-state index >= 15 is 0 Å². The molecule has 2 rings (SSSR count). The summed E-state index contributed by atoms with van der Waals surface area (Å²) in [4.78, 5) is 25.1. The van der Waals surface area contributed by atoms with Gasteiger partial charge < -0.3 is 10.6 Å². The smallest absolute Gasteiger partial charge is 0.255 e. The minimum absolute atomic E-state index is 0.179. The van der Waals surface area contributed by atoms with Gasteiger partial charge in [-0.2, -0.15) is 0 Å². The summed E-state index contributed by atoms with van der Waals surface area (Å²) >= 11 is 0. The number of nitrogens with one attached hydrogen (secondary N) is 2. The van der Waals surface area contributed by atoms with Crippen molar-refractivity contribution in [1.29, 1.82) is 0 Å². The number of anilines is 1. The van der Waals surface area contributed by atoms with Crippen LogP contribution in [0, 0.1) is 26.7 Å². The molecule has 0 spiro atoms. The maximum Gasteiger partial charge on any atom is 0.255 e. The van der Waals surface area contributed by atoms with Crippen LogP contribution >= 0.6 is 0 Å². The largest absolute Gasteiger partial charge is 0.352 e. The predicted octanol–water partition coefficient (Wildman–Crippen LogP) is 4.25. The van der Waals surface area contributed by atoms with Gasteiger partial charge in [0.2, 0.25) is 0 Å². The Balaban J connectivity index is 2.25. The Kier molecular flexibility index (Phi) is 5.97. The maximum absolute atomic E-state index is 12.7. The van der Waals surface area contributed by atoms with Crippen LogP contribution in [0.1, 0.15) is 51.3 Å². The van der Waals surface area contributed by atoms with Gasteiger partial charge in [0.05, 0.1) is 11.3 Å². The molecule has 2 N–H and O–H groups in total. The SMILES string of the molecule is Cc1cc(C)c(C(=O)Nc2ccccc2C(=O)NCC(C)C)cc1C. The molecule has 0 aliphatic heterocycles. The maximum atomic E-state index is 12.7. The fourth-order valence-electron chi connectivity index (χ4n) is 2.58. The fourth-order valence-corrected chi connectivity index (χ4v) is 2.58. The van der Waals surface area contributed by atoms with E-state index in [9.17, 15) is 9.59 Å². The average molecular weight is 338 g/mol. The minimum Gasteiger partial charge on any atom is -0.352 e. The quantitative estimate of drug-likeness (QED) is 0.856. The molecule has 0 heterocycles. The first-order chi connectivity index (χ1) is 11.8. The van der Waals surface area contributed by atoms with Gasteiger partial charge in [-0.25, -0.2) is 0 Å². The Labute approximate surface area is 149 Å². The van der Waals surface area contributed by atoms with Crippen LogP contribution in [0.15, 0.2) is 36.4 Å². The van der Waals surface area contributed by atoms with E-state index in [1.54, 1.807) is 18.2 Å². The number of benzene rings is 2. The van der Waals surface area contributed by atoms with E-state index in [1.165, 1.54) is 0 Å². The van der Waals surface area contributed by atoms with Crippen molar-refractivity contribution in [3.8, 4) is 0 Å². The summed E-state index contributed by atoms with van der Waals surface area (Å²) in [5.74, 6) is -0.0185. The first kappa shape index (κ1) is 18.7. The van der Waals surface area contributed by atoms with Crippen molar-refractivity contribution in [3.63, 3.8) is 0 Å². The van der Waals surface area contributed by atoms with E-state index in [1.807, 2.05) is 52.8 Å². The molecule has 4 nitrogen and oxygen atoms in total. The van der Waals surface area contributed by atoms with Gasteiger partial charge in [-0.1, -0.05) is 32.0 Å². The topological polar surface area (TPSA) is 58.2 Å². The highest BCUT2D eigenvalue weighted by atomic mass is 16.2. The second-order valence-electron chi connectivity index (χ2n) is 6.85. The van der Waals surface area contributed by atoms with E-state index in [-0.39, 0.29) is 11.8 Å². The van der Waals surface area contributed by atoms with Gasteiger partial charge in [-0.15, -0.1) is 0 Å². The molecule has 0 unspecified atom stereocenters. The van der Waals surface area contributed by atoms with Gasteiger partial charge in [0.1, 0.15) is 0 Å². The number of hydrogen-bond donors (Lipinski definition) is 2. The summed E-state index contributed by atoms with van der Waals surface area (Å²) in [6.07, 6.45) is 0. The van der Waals surface area contributed by atoms with Gasteiger partial charge in [0.15, 0.2) is 0 Å². The zero-order valence-electron chi connectivity index (χ0n) is 15.6. The van der Waals surface area contributed by atoms with E-state index in [0.29, 0.717) is 29.3 Å². The van der Waals surface area contributed by atoms with Gasteiger partial charge in [-0.05, 0) is 61.6 Å². The molecule has 0 atom stereocenters. The first-order valence-corrected chi connectivity index (χ1v) is 8.56. The average Bonchev–Trinajstić information content (AvgIpc) is 2.56. The molecule has 0 saturated carbocycles. The number of para-hydroxylation sites is 1. The number of aryl methyl sites for hydroxylation is 3. The van der Waals surface area contributed by atoms with Gasteiger partial charge >= 0.3 is 0 Å². The number of rotatable bonds is 5. The number of amides is 2. The van der Waals surface area contributed by atoms with Gasteiger partial charge in [-0.3, -0.25) is 9.59 Å². The van der Waals surface area contributed by atoms with Crippen molar-refractivity contribution in [3.05, 3.63) is 64.2 Å². The van der Waals surface area contributed by atoms with Gasteiger partial charge in [0.25, 0.3) is 11.8 Å². The molecule has 0 radical (unpaired) electrons. The molecule has 2 aromatic rings. The van der Waals surface area contributed by atoms with E-state index in [0.717, 1.165) is 16.7 Å². The lowest BCUT2D eigenvalue weighted by Gasteiger charge is -2.14. The molecule has 25 heavy (non-hydrogen) atoms. The fraction of sp³-hybridized carbons (Fsp3) is 0.333. The predicted molar refractivity (Wildman–Crippen MR) is 102 cm³/mol. The second kappa shape index (κ2) is 7.97. The molecule has 132 valence electrons. The van der Waals surface area contributed by atoms with Crippen molar-refractivity contribution in [2.24, 2.45) is 5.92 Å². The first-order valence-electron chi connectivity index (χ1n) is 8.56. The number of carbonyl (C=O) groups excluding carboxylic acids is 2. The molecule has 0 saturated heterocycles. The van der Waals surface area contributed by atoms with Crippen molar-refractivity contribution in [2.75, 3.05) is 11.9 Å². The molecule has 0 fully saturated rings. The Morgan fingerprint density at radius 3 is 2.20 bits per heavy atom. The summed E-state index contributed by atoms with van der Waals surface area (Å²) in [6.45, 7) is 10.6. The highest BCUT2D eigenvalue weighted by Crippen LogP contribution is 2.20. The normalized spacial score (nSPS) is 10.6.